The molecule has 9 atom stereocenters. The quantitative estimate of drug-likeness (QED) is 0.520. The largest absolute Gasteiger partial charge is 0.388 e. The van der Waals surface area contributed by atoms with Crippen LogP contribution < -0.4 is 5.32 Å². The fraction of sp³-hybridized carbons (Fsp3) is 0.536. The molecule has 1 aromatic carbocycles. The highest BCUT2D eigenvalue weighted by Crippen LogP contribution is 2.57. The van der Waals surface area contributed by atoms with Gasteiger partial charge < -0.3 is 20.6 Å². The summed E-state index contributed by atoms with van der Waals surface area (Å²) in [5.74, 6) is -1.09. The van der Waals surface area contributed by atoms with E-state index < -0.39 is 29.1 Å². The Bertz CT molecular complexity index is 952. The number of benzene rings is 1. The molecule has 0 bridgehead atoms. The Balaban J connectivity index is 1.85. The number of hydrogen-bond donors (Lipinski definition) is 4. The molecule has 4 rings (SSSR count). The van der Waals surface area contributed by atoms with Crippen molar-refractivity contribution in [1.29, 1.82) is 0 Å². The second kappa shape index (κ2) is 8.86. The smallest absolute Gasteiger partial charge is 0.230 e. The predicted molar refractivity (Wildman–Crippen MR) is 129 cm³/mol. The highest BCUT2D eigenvalue weighted by atomic mass is 16.3. The van der Waals surface area contributed by atoms with Crippen LogP contribution in [0.4, 0.5) is 0 Å². The van der Waals surface area contributed by atoms with Crippen molar-refractivity contribution >= 4 is 5.91 Å². The molecule has 178 valence electrons. The van der Waals surface area contributed by atoms with Gasteiger partial charge in [-0.3, -0.25) is 4.79 Å². The van der Waals surface area contributed by atoms with E-state index in [9.17, 15) is 20.1 Å². The summed E-state index contributed by atoms with van der Waals surface area (Å²) < 4.78 is 0. The number of carbonyl (C=O) groups excluding carboxylic acids is 1. The van der Waals surface area contributed by atoms with Crippen LogP contribution in [0, 0.1) is 29.1 Å². The number of allylic oxidation sites excluding steroid dienone is 1. The molecule has 1 saturated heterocycles. The van der Waals surface area contributed by atoms with E-state index in [4.69, 9.17) is 0 Å². The Morgan fingerprint density at radius 1 is 1.15 bits per heavy atom. The highest BCUT2D eigenvalue weighted by molar-refractivity contribution is 5.88. The maximum Gasteiger partial charge on any atom is 0.230 e. The minimum absolute atomic E-state index is 0.176. The van der Waals surface area contributed by atoms with E-state index in [1.54, 1.807) is 19.1 Å². The highest BCUT2D eigenvalue weighted by Gasteiger charge is 2.67. The molecule has 3 aliphatic rings. The molecule has 1 spiro atoms. The third-order valence-corrected chi connectivity index (χ3v) is 8.16. The summed E-state index contributed by atoms with van der Waals surface area (Å²) >= 11 is 0. The maximum atomic E-state index is 13.8. The van der Waals surface area contributed by atoms with Gasteiger partial charge in [0, 0.05) is 17.9 Å². The van der Waals surface area contributed by atoms with Gasteiger partial charge in [0.05, 0.1) is 23.2 Å². The zero-order valence-corrected chi connectivity index (χ0v) is 19.8. The van der Waals surface area contributed by atoms with Crippen molar-refractivity contribution in [2.24, 2.45) is 29.1 Å². The number of rotatable bonds is 2. The van der Waals surface area contributed by atoms with Crippen LogP contribution in [0.15, 0.2) is 66.8 Å². The first-order valence-corrected chi connectivity index (χ1v) is 12.1. The molecule has 9 unspecified atom stereocenters. The summed E-state index contributed by atoms with van der Waals surface area (Å²) in [6.45, 7) is 10.00. The first kappa shape index (κ1) is 23.9. The van der Waals surface area contributed by atoms with E-state index in [2.05, 4.69) is 18.8 Å². The molecular formula is C28H37NO4. The summed E-state index contributed by atoms with van der Waals surface area (Å²) in [7, 11) is 0. The number of nitrogens with one attached hydrogen (secondary N) is 1. The number of amides is 1. The first-order valence-electron chi connectivity index (χ1n) is 12.1. The molecule has 0 radical (unpaired) electrons. The summed E-state index contributed by atoms with van der Waals surface area (Å²) in [4.78, 5) is 13.8. The average molecular weight is 452 g/mol. The number of aliphatic hydroxyl groups is 3. The van der Waals surface area contributed by atoms with Crippen LogP contribution in [-0.4, -0.2) is 45.1 Å². The lowest BCUT2D eigenvalue weighted by molar-refractivity contribution is -0.147. The van der Waals surface area contributed by atoms with Crippen molar-refractivity contribution < 1.29 is 20.1 Å². The van der Waals surface area contributed by atoms with Gasteiger partial charge in [-0.2, -0.15) is 0 Å². The lowest BCUT2D eigenvalue weighted by Crippen LogP contribution is -2.59. The fourth-order valence-electron chi connectivity index (χ4n) is 6.61. The standard InChI is InChI=1S/C28H37NO4/c1-17-9-8-12-21-25(31)19(3)18(2)24-22(15-20-10-6-5-7-11-20)29-26(32)28(21,24)23(30)13-14-27(4,33)16-17/h5-8,10-14,17-18,21-25,30-31,33H,3,9,15-16H2,1-2,4H3,(H,29,32)/b12-8-,14-13+. The third-order valence-electron chi connectivity index (χ3n) is 8.16. The van der Waals surface area contributed by atoms with E-state index in [1.807, 2.05) is 49.4 Å². The van der Waals surface area contributed by atoms with Crippen LogP contribution in [0.2, 0.25) is 0 Å². The Labute approximate surface area is 196 Å². The molecule has 2 aliphatic carbocycles. The van der Waals surface area contributed by atoms with Gasteiger partial charge in [-0.15, -0.1) is 0 Å². The van der Waals surface area contributed by atoms with Gasteiger partial charge in [-0.1, -0.05) is 75.1 Å². The van der Waals surface area contributed by atoms with Crippen LogP contribution in [0.3, 0.4) is 0 Å². The van der Waals surface area contributed by atoms with Gasteiger partial charge in [0.1, 0.15) is 0 Å². The molecule has 1 amide bonds. The van der Waals surface area contributed by atoms with Gasteiger partial charge in [0.25, 0.3) is 0 Å². The second-order valence-electron chi connectivity index (χ2n) is 10.7. The van der Waals surface area contributed by atoms with Gasteiger partial charge >= 0.3 is 0 Å². The maximum absolute atomic E-state index is 13.8. The molecule has 5 heteroatoms. The molecule has 2 fully saturated rings. The number of hydrogen-bond acceptors (Lipinski definition) is 4. The predicted octanol–water partition coefficient (Wildman–Crippen LogP) is 3.17. The lowest BCUT2D eigenvalue weighted by atomic mass is 9.51. The molecule has 5 nitrogen and oxygen atoms in total. The molecule has 33 heavy (non-hydrogen) atoms. The molecule has 1 heterocycles. The van der Waals surface area contributed by atoms with Crippen molar-refractivity contribution in [2.75, 3.05) is 0 Å². The van der Waals surface area contributed by atoms with Crippen molar-refractivity contribution in [3.63, 3.8) is 0 Å². The zero-order chi connectivity index (χ0) is 24.0. The minimum Gasteiger partial charge on any atom is -0.388 e. The SMILES string of the molecule is C=C1C(C)C2C(Cc3ccccc3)NC(=O)C23C(O)/C=C/C(C)(O)CC(C)C/C=C\C3C1O. The second-order valence-corrected chi connectivity index (χ2v) is 10.7. The van der Waals surface area contributed by atoms with Crippen LogP contribution in [0.1, 0.15) is 39.2 Å². The van der Waals surface area contributed by atoms with Crippen LogP contribution in [0.5, 0.6) is 0 Å². The summed E-state index contributed by atoms with van der Waals surface area (Å²) in [5.41, 5.74) is -0.544. The fourth-order valence-corrected chi connectivity index (χ4v) is 6.61. The van der Waals surface area contributed by atoms with Crippen molar-refractivity contribution in [2.45, 2.75) is 63.9 Å². The van der Waals surface area contributed by atoms with E-state index >= 15 is 0 Å². The van der Waals surface area contributed by atoms with E-state index in [1.165, 1.54) is 0 Å². The third kappa shape index (κ3) is 4.11. The van der Waals surface area contributed by atoms with Gasteiger partial charge in [0.2, 0.25) is 5.91 Å². The van der Waals surface area contributed by atoms with Crippen LogP contribution in [-0.2, 0) is 11.2 Å². The normalized spacial score (nSPS) is 45.3. The van der Waals surface area contributed by atoms with E-state index in [-0.39, 0.29) is 29.7 Å². The lowest BCUT2D eigenvalue weighted by Gasteiger charge is -2.51. The Kier molecular flexibility index (Phi) is 6.43. The topological polar surface area (TPSA) is 89.8 Å². The first-order chi connectivity index (χ1) is 15.6. The molecular weight excluding hydrogens is 414 g/mol. The Morgan fingerprint density at radius 2 is 1.85 bits per heavy atom. The summed E-state index contributed by atoms with van der Waals surface area (Å²) in [5, 5.41) is 37.0. The zero-order valence-electron chi connectivity index (χ0n) is 19.8. The summed E-state index contributed by atoms with van der Waals surface area (Å²) in [6, 6.07) is 9.80. The van der Waals surface area contributed by atoms with E-state index in [0.29, 0.717) is 24.8 Å². The van der Waals surface area contributed by atoms with Gasteiger partial charge in [-0.25, -0.2) is 0 Å². The van der Waals surface area contributed by atoms with Crippen molar-refractivity contribution in [1.82, 2.24) is 5.32 Å². The monoisotopic (exact) mass is 451 g/mol. The molecule has 1 saturated carbocycles. The van der Waals surface area contributed by atoms with Crippen LogP contribution in [0.25, 0.3) is 0 Å². The number of carbonyl (C=O) groups is 1. The molecule has 1 aliphatic heterocycles. The molecule has 0 aromatic heterocycles. The summed E-state index contributed by atoms with van der Waals surface area (Å²) in [6.07, 6.45) is 6.88. The van der Waals surface area contributed by atoms with Crippen LogP contribution >= 0.6 is 0 Å². The van der Waals surface area contributed by atoms with Crippen molar-refractivity contribution in [3.8, 4) is 0 Å². The molecule has 1 aromatic rings. The molecule has 4 N–H and O–H groups in total. The van der Waals surface area contributed by atoms with Gasteiger partial charge in [-0.05, 0) is 49.2 Å². The van der Waals surface area contributed by atoms with Gasteiger partial charge in [0.15, 0.2) is 0 Å². The number of aliphatic hydroxyl groups excluding tert-OH is 2. The van der Waals surface area contributed by atoms with Crippen molar-refractivity contribution in [3.05, 3.63) is 72.4 Å². The van der Waals surface area contributed by atoms with E-state index in [0.717, 1.165) is 5.56 Å². The Hall–Kier alpha value is -2.21. The Morgan fingerprint density at radius 3 is 2.55 bits per heavy atom. The average Bonchev–Trinajstić information content (AvgIpc) is 3.04. The minimum atomic E-state index is -1.25.